The number of hydrogen-bond donors (Lipinski definition) is 3. The summed E-state index contributed by atoms with van der Waals surface area (Å²) >= 11 is 0. The van der Waals surface area contributed by atoms with Gasteiger partial charge in [0.05, 0.1) is 6.10 Å². The summed E-state index contributed by atoms with van der Waals surface area (Å²) in [4.78, 5) is 11.3. The molecule has 1 amide bonds. The van der Waals surface area contributed by atoms with Crippen molar-refractivity contribution >= 4 is 6.09 Å². The summed E-state index contributed by atoms with van der Waals surface area (Å²) in [5, 5.41) is 15.3. The van der Waals surface area contributed by atoms with Gasteiger partial charge in [0, 0.05) is 19.1 Å². The summed E-state index contributed by atoms with van der Waals surface area (Å²) in [6, 6.07) is 0.0282. The van der Waals surface area contributed by atoms with E-state index in [0.29, 0.717) is 19.5 Å². The van der Waals surface area contributed by atoms with Gasteiger partial charge >= 0.3 is 6.09 Å². The molecule has 5 nitrogen and oxygen atoms in total. The summed E-state index contributed by atoms with van der Waals surface area (Å²) in [5.41, 5.74) is -0.469. The topological polar surface area (TPSA) is 70.6 Å². The van der Waals surface area contributed by atoms with E-state index < -0.39 is 11.7 Å². The fourth-order valence-corrected chi connectivity index (χ4v) is 1.27. The summed E-state index contributed by atoms with van der Waals surface area (Å²) in [6.07, 6.45) is -0.0484. The Hall–Kier alpha value is -0.810. The van der Waals surface area contributed by atoms with Crippen LogP contribution in [0.1, 0.15) is 41.0 Å². The Balaban J connectivity index is 3.61. The average Bonchev–Trinajstić information content (AvgIpc) is 2.20. The molecule has 0 aromatic rings. The van der Waals surface area contributed by atoms with Crippen LogP contribution in [0.4, 0.5) is 4.79 Å². The second-order valence-electron chi connectivity index (χ2n) is 5.15. The Morgan fingerprint density at radius 2 is 1.94 bits per heavy atom. The van der Waals surface area contributed by atoms with Gasteiger partial charge in [0.25, 0.3) is 0 Å². The molecular formula is C12H26N2O3. The number of alkyl carbamates (subject to hydrolysis) is 1. The van der Waals surface area contributed by atoms with Crippen LogP contribution in [-0.2, 0) is 4.74 Å². The summed E-state index contributed by atoms with van der Waals surface area (Å²) in [7, 11) is 0. The van der Waals surface area contributed by atoms with Crippen LogP contribution in [0, 0.1) is 0 Å². The Kier molecular flexibility index (Phi) is 7.15. The largest absolute Gasteiger partial charge is 0.444 e. The summed E-state index contributed by atoms with van der Waals surface area (Å²) in [6.45, 7) is 10.4. The fourth-order valence-electron chi connectivity index (χ4n) is 1.27. The van der Waals surface area contributed by atoms with E-state index in [0.717, 1.165) is 0 Å². The molecule has 0 fully saturated rings. The quantitative estimate of drug-likeness (QED) is 0.617. The summed E-state index contributed by atoms with van der Waals surface area (Å²) in [5.74, 6) is 0. The lowest BCUT2D eigenvalue weighted by molar-refractivity contribution is 0.0527. The highest BCUT2D eigenvalue weighted by Crippen LogP contribution is 2.06. The SMILES string of the molecule is CCC(O)C(C)NCCNC(=O)OC(C)(C)C. The molecule has 5 heteroatoms. The van der Waals surface area contributed by atoms with Gasteiger partial charge < -0.3 is 20.5 Å². The highest BCUT2D eigenvalue weighted by molar-refractivity contribution is 5.67. The lowest BCUT2D eigenvalue weighted by Gasteiger charge is -2.21. The molecule has 0 radical (unpaired) electrons. The lowest BCUT2D eigenvalue weighted by atomic mass is 10.1. The van der Waals surface area contributed by atoms with E-state index in [1.165, 1.54) is 0 Å². The van der Waals surface area contributed by atoms with Crippen molar-refractivity contribution in [3.05, 3.63) is 0 Å². The van der Waals surface area contributed by atoms with E-state index >= 15 is 0 Å². The number of aliphatic hydroxyl groups excluding tert-OH is 1. The van der Waals surface area contributed by atoms with Gasteiger partial charge in [-0.2, -0.15) is 0 Å². The molecule has 17 heavy (non-hydrogen) atoms. The van der Waals surface area contributed by atoms with Crippen molar-refractivity contribution < 1.29 is 14.6 Å². The van der Waals surface area contributed by atoms with E-state index in [9.17, 15) is 9.90 Å². The lowest BCUT2D eigenvalue weighted by Crippen LogP contribution is -2.42. The number of ether oxygens (including phenoxy) is 1. The van der Waals surface area contributed by atoms with Crippen molar-refractivity contribution in [1.82, 2.24) is 10.6 Å². The second-order valence-corrected chi connectivity index (χ2v) is 5.15. The predicted molar refractivity (Wildman–Crippen MR) is 68.0 cm³/mol. The molecular weight excluding hydrogens is 220 g/mol. The van der Waals surface area contributed by atoms with E-state index in [1.54, 1.807) is 0 Å². The van der Waals surface area contributed by atoms with E-state index in [1.807, 2.05) is 34.6 Å². The average molecular weight is 246 g/mol. The molecule has 2 unspecified atom stereocenters. The van der Waals surface area contributed by atoms with Gasteiger partial charge in [-0.15, -0.1) is 0 Å². The van der Waals surface area contributed by atoms with Crippen LogP contribution in [-0.4, -0.2) is 42.0 Å². The molecule has 0 aromatic carbocycles. The Morgan fingerprint density at radius 1 is 1.35 bits per heavy atom. The van der Waals surface area contributed by atoms with Crippen molar-refractivity contribution in [2.75, 3.05) is 13.1 Å². The first kappa shape index (κ1) is 16.2. The zero-order valence-corrected chi connectivity index (χ0v) is 11.5. The first-order valence-electron chi connectivity index (χ1n) is 6.14. The van der Waals surface area contributed by atoms with Crippen molar-refractivity contribution in [3.63, 3.8) is 0 Å². The highest BCUT2D eigenvalue weighted by Gasteiger charge is 2.15. The molecule has 102 valence electrons. The third-order valence-corrected chi connectivity index (χ3v) is 2.25. The molecule has 2 atom stereocenters. The molecule has 0 rings (SSSR count). The first-order chi connectivity index (χ1) is 7.76. The monoisotopic (exact) mass is 246 g/mol. The third kappa shape index (κ3) is 8.94. The van der Waals surface area contributed by atoms with Crippen molar-refractivity contribution in [1.29, 1.82) is 0 Å². The van der Waals surface area contributed by atoms with Crippen LogP contribution < -0.4 is 10.6 Å². The van der Waals surface area contributed by atoms with Gasteiger partial charge in [0.2, 0.25) is 0 Å². The van der Waals surface area contributed by atoms with Gasteiger partial charge in [-0.05, 0) is 34.1 Å². The Bertz CT molecular complexity index is 226. The smallest absolute Gasteiger partial charge is 0.407 e. The zero-order chi connectivity index (χ0) is 13.5. The third-order valence-electron chi connectivity index (χ3n) is 2.25. The van der Waals surface area contributed by atoms with Gasteiger partial charge in [0.15, 0.2) is 0 Å². The number of carbonyl (C=O) groups excluding carboxylic acids is 1. The minimum atomic E-state index is -0.469. The van der Waals surface area contributed by atoms with Crippen LogP contribution in [0.25, 0.3) is 0 Å². The van der Waals surface area contributed by atoms with Crippen LogP contribution in [0.3, 0.4) is 0 Å². The number of amides is 1. The highest BCUT2D eigenvalue weighted by atomic mass is 16.6. The number of rotatable bonds is 6. The fraction of sp³-hybridized carbons (Fsp3) is 0.917. The molecule has 0 saturated heterocycles. The van der Waals surface area contributed by atoms with Crippen LogP contribution in [0.15, 0.2) is 0 Å². The van der Waals surface area contributed by atoms with E-state index in [-0.39, 0.29) is 12.1 Å². The second kappa shape index (κ2) is 7.50. The van der Waals surface area contributed by atoms with Gasteiger partial charge in [0.1, 0.15) is 5.60 Å². The van der Waals surface area contributed by atoms with Gasteiger partial charge in [-0.3, -0.25) is 0 Å². The van der Waals surface area contributed by atoms with Crippen LogP contribution in [0.5, 0.6) is 0 Å². The molecule has 0 heterocycles. The number of carbonyl (C=O) groups is 1. The molecule has 0 aromatic heterocycles. The summed E-state index contributed by atoms with van der Waals surface area (Å²) < 4.78 is 5.09. The molecule has 0 spiro atoms. The molecule has 0 bridgehead atoms. The minimum absolute atomic E-state index is 0.0282. The van der Waals surface area contributed by atoms with Gasteiger partial charge in [-0.1, -0.05) is 6.92 Å². The number of aliphatic hydroxyl groups is 1. The van der Waals surface area contributed by atoms with Crippen molar-refractivity contribution in [3.8, 4) is 0 Å². The van der Waals surface area contributed by atoms with Crippen LogP contribution >= 0.6 is 0 Å². The molecule has 0 saturated carbocycles. The van der Waals surface area contributed by atoms with Crippen molar-refractivity contribution in [2.24, 2.45) is 0 Å². The Morgan fingerprint density at radius 3 is 2.41 bits per heavy atom. The predicted octanol–water partition coefficient (Wildman–Crippen LogP) is 1.26. The number of nitrogens with one attached hydrogen (secondary N) is 2. The van der Waals surface area contributed by atoms with Crippen molar-refractivity contribution in [2.45, 2.75) is 58.8 Å². The molecule has 0 aliphatic heterocycles. The maximum atomic E-state index is 11.3. The first-order valence-corrected chi connectivity index (χ1v) is 6.14. The van der Waals surface area contributed by atoms with E-state index in [2.05, 4.69) is 10.6 Å². The molecule has 0 aliphatic rings. The maximum absolute atomic E-state index is 11.3. The molecule has 0 aliphatic carbocycles. The Labute approximate surface area is 104 Å². The number of hydrogen-bond acceptors (Lipinski definition) is 4. The maximum Gasteiger partial charge on any atom is 0.407 e. The van der Waals surface area contributed by atoms with E-state index in [4.69, 9.17) is 4.74 Å². The standard InChI is InChI=1S/C12H26N2O3/c1-6-10(15)9(2)13-7-8-14-11(16)17-12(3,4)5/h9-10,13,15H,6-8H2,1-5H3,(H,14,16). The molecule has 3 N–H and O–H groups in total. The minimum Gasteiger partial charge on any atom is -0.444 e. The zero-order valence-electron chi connectivity index (χ0n) is 11.5. The van der Waals surface area contributed by atoms with Crippen LogP contribution in [0.2, 0.25) is 0 Å². The van der Waals surface area contributed by atoms with Gasteiger partial charge in [-0.25, -0.2) is 4.79 Å². The normalized spacial score (nSPS) is 15.2.